The van der Waals surface area contributed by atoms with E-state index >= 15 is 0 Å². The first kappa shape index (κ1) is 7.93. The van der Waals surface area contributed by atoms with E-state index in [4.69, 9.17) is 0 Å². The fourth-order valence-corrected chi connectivity index (χ4v) is 1.58. The molecule has 0 saturated carbocycles. The summed E-state index contributed by atoms with van der Waals surface area (Å²) in [6, 6.07) is 0. The minimum Gasteiger partial charge on any atom is -0.144 e. The lowest BCUT2D eigenvalue weighted by atomic mass is 10.0. The monoisotopic (exact) mass is 154 g/mol. The Kier molecular flexibility index (Phi) is 3.07. The van der Waals surface area contributed by atoms with Crippen molar-refractivity contribution in [3.8, 4) is 0 Å². The van der Waals surface area contributed by atoms with Crippen LogP contribution >= 0.6 is 12.6 Å². The zero-order valence-corrected chi connectivity index (χ0v) is 7.32. The summed E-state index contributed by atoms with van der Waals surface area (Å²) in [6.07, 6.45) is 9.33. The van der Waals surface area contributed by atoms with Crippen molar-refractivity contribution in [2.75, 3.05) is 0 Å². The topological polar surface area (TPSA) is 0 Å². The zero-order chi connectivity index (χ0) is 7.40. The molecule has 0 amide bonds. The lowest BCUT2D eigenvalue weighted by Gasteiger charge is -2.09. The van der Waals surface area contributed by atoms with E-state index in [0.29, 0.717) is 0 Å². The zero-order valence-electron chi connectivity index (χ0n) is 6.43. The van der Waals surface area contributed by atoms with Crippen LogP contribution in [-0.4, -0.2) is 0 Å². The Morgan fingerprint density at radius 2 is 2.40 bits per heavy atom. The Hall–Kier alpha value is -0.170. The van der Waals surface area contributed by atoms with Gasteiger partial charge in [-0.25, -0.2) is 0 Å². The molecule has 0 unspecified atom stereocenters. The summed E-state index contributed by atoms with van der Waals surface area (Å²) in [4.78, 5) is 1.15. The van der Waals surface area contributed by atoms with E-state index < -0.39 is 0 Å². The van der Waals surface area contributed by atoms with E-state index in [1.54, 1.807) is 5.57 Å². The highest BCUT2D eigenvalue weighted by atomic mass is 32.1. The second-order valence-corrected chi connectivity index (χ2v) is 3.24. The van der Waals surface area contributed by atoms with Crippen molar-refractivity contribution in [2.45, 2.75) is 32.6 Å². The maximum Gasteiger partial charge on any atom is -0.0000331 e. The Morgan fingerprint density at radius 1 is 1.60 bits per heavy atom. The molecule has 1 heteroatoms. The molecule has 0 fully saturated rings. The van der Waals surface area contributed by atoms with Crippen LogP contribution in [0.3, 0.4) is 0 Å². The second-order valence-electron chi connectivity index (χ2n) is 2.72. The van der Waals surface area contributed by atoms with Crippen LogP contribution < -0.4 is 0 Å². The Bertz CT molecular complexity index is 166. The summed E-state index contributed by atoms with van der Waals surface area (Å²) in [6.45, 7) is 2.22. The van der Waals surface area contributed by atoms with E-state index in [9.17, 15) is 0 Å². The molecule has 0 aromatic carbocycles. The summed E-state index contributed by atoms with van der Waals surface area (Å²) >= 11 is 4.30. The molecule has 0 aliphatic heterocycles. The molecule has 0 nitrogen and oxygen atoms in total. The molecule has 1 rings (SSSR count). The SMILES string of the molecule is CCCC1=CC(S)=CCC1. The number of rotatable bonds is 2. The van der Waals surface area contributed by atoms with Crippen molar-refractivity contribution in [3.63, 3.8) is 0 Å². The standard InChI is InChI=1S/C9H14S/c1-2-4-8-5-3-6-9(10)7-8/h6-7,10H,2-5H2,1H3. The molecule has 0 saturated heterocycles. The van der Waals surface area contributed by atoms with Crippen LogP contribution in [0.5, 0.6) is 0 Å². The van der Waals surface area contributed by atoms with Gasteiger partial charge < -0.3 is 0 Å². The predicted molar refractivity (Wildman–Crippen MR) is 49.3 cm³/mol. The molecule has 1 aliphatic rings. The number of hydrogen-bond acceptors (Lipinski definition) is 1. The molecule has 0 bridgehead atoms. The van der Waals surface area contributed by atoms with Crippen LogP contribution in [0.4, 0.5) is 0 Å². The molecule has 0 spiro atoms. The minimum atomic E-state index is 1.15. The molecule has 0 heterocycles. The van der Waals surface area contributed by atoms with Gasteiger partial charge >= 0.3 is 0 Å². The van der Waals surface area contributed by atoms with Gasteiger partial charge in [-0.2, -0.15) is 0 Å². The molecular weight excluding hydrogens is 140 g/mol. The summed E-state index contributed by atoms with van der Waals surface area (Å²) in [5.74, 6) is 0. The number of allylic oxidation sites excluding steroid dienone is 3. The van der Waals surface area contributed by atoms with Crippen LogP contribution in [0.1, 0.15) is 32.6 Å². The van der Waals surface area contributed by atoms with Crippen LogP contribution in [-0.2, 0) is 0 Å². The summed E-state index contributed by atoms with van der Waals surface area (Å²) in [5, 5.41) is 0. The molecule has 10 heavy (non-hydrogen) atoms. The van der Waals surface area contributed by atoms with Crippen LogP contribution in [0.2, 0.25) is 0 Å². The van der Waals surface area contributed by atoms with Crippen molar-refractivity contribution < 1.29 is 0 Å². The third kappa shape index (κ3) is 2.22. The average Bonchev–Trinajstić information content (AvgIpc) is 1.88. The van der Waals surface area contributed by atoms with E-state index in [0.717, 1.165) is 4.91 Å². The number of thiol groups is 1. The van der Waals surface area contributed by atoms with Gasteiger partial charge in [-0.15, -0.1) is 12.6 Å². The highest BCUT2D eigenvalue weighted by Crippen LogP contribution is 2.22. The Balaban J connectivity index is 2.51. The van der Waals surface area contributed by atoms with Gasteiger partial charge in [-0.05, 0) is 30.2 Å². The Morgan fingerprint density at radius 3 is 3.00 bits per heavy atom. The highest BCUT2D eigenvalue weighted by Gasteiger charge is 2.00. The van der Waals surface area contributed by atoms with Gasteiger partial charge in [0, 0.05) is 0 Å². The second kappa shape index (κ2) is 3.87. The van der Waals surface area contributed by atoms with Crippen molar-refractivity contribution >= 4 is 12.6 Å². The molecule has 0 aromatic heterocycles. The summed E-state index contributed by atoms with van der Waals surface area (Å²) < 4.78 is 0. The van der Waals surface area contributed by atoms with Gasteiger partial charge in [0.05, 0.1) is 0 Å². The normalized spacial score (nSPS) is 18.2. The first-order valence-electron chi connectivity index (χ1n) is 3.91. The van der Waals surface area contributed by atoms with Gasteiger partial charge in [0.15, 0.2) is 0 Å². The lowest BCUT2D eigenvalue weighted by molar-refractivity contribution is 0.820. The van der Waals surface area contributed by atoms with Crippen molar-refractivity contribution in [1.82, 2.24) is 0 Å². The maximum absolute atomic E-state index is 4.30. The van der Waals surface area contributed by atoms with Gasteiger partial charge in [-0.1, -0.05) is 25.0 Å². The van der Waals surface area contributed by atoms with E-state index in [-0.39, 0.29) is 0 Å². The van der Waals surface area contributed by atoms with Crippen molar-refractivity contribution in [2.24, 2.45) is 0 Å². The first-order valence-corrected chi connectivity index (χ1v) is 4.36. The van der Waals surface area contributed by atoms with Crippen LogP contribution in [0.15, 0.2) is 22.6 Å². The molecular formula is C9H14S. The molecule has 0 atom stereocenters. The van der Waals surface area contributed by atoms with Gasteiger partial charge in [0.2, 0.25) is 0 Å². The smallest absolute Gasteiger partial charge is 0.0000331 e. The minimum absolute atomic E-state index is 1.15. The average molecular weight is 154 g/mol. The molecule has 1 aliphatic carbocycles. The molecule has 56 valence electrons. The first-order chi connectivity index (χ1) is 4.83. The fourth-order valence-electron chi connectivity index (χ4n) is 1.26. The summed E-state index contributed by atoms with van der Waals surface area (Å²) in [5.41, 5.74) is 1.56. The van der Waals surface area contributed by atoms with E-state index in [1.165, 1.54) is 25.7 Å². The third-order valence-electron chi connectivity index (χ3n) is 1.74. The quantitative estimate of drug-likeness (QED) is 0.579. The Labute approximate surface area is 68.4 Å². The van der Waals surface area contributed by atoms with Crippen LogP contribution in [0.25, 0.3) is 0 Å². The fraction of sp³-hybridized carbons (Fsp3) is 0.556. The van der Waals surface area contributed by atoms with Gasteiger partial charge in [0.25, 0.3) is 0 Å². The predicted octanol–water partition coefficient (Wildman–Crippen LogP) is 3.32. The molecule has 0 aromatic rings. The molecule has 0 N–H and O–H groups in total. The largest absolute Gasteiger partial charge is 0.144 e. The van der Waals surface area contributed by atoms with E-state index in [2.05, 4.69) is 31.7 Å². The highest BCUT2D eigenvalue weighted by molar-refractivity contribution is 7.84. The van der Waals surface area contributed by atoms with E-state index in [1.807, 2.05) is 0 Å². The van der Waals surface area contributed by atoms with Crippen molar-refractivity contribution in [1.29, 1.82) is 0 Å². The third-order valence-corrected chi connectivity index (χ3v) is 2.05. The summed E-state index contributed by atoms with van der Waals surface area (Å²) in [7, 11) is 0. The maximum atomic E-state index is 4.30. The number of hydrogen-bond donors (Lipinski definition) is 1. The van der Waals surface area contributed by atoms with Crippen molar-refractivity contribution in [3.05, 3.63) is 22.6 Å². The molecule has 0 radical (unpaired) electrons. The van der Waals surface area contributed by atoms with Crippen LogP contribution in [0, 0.1) is 0 Å². The van der Waals surface area contributed by atoms with Gasteiger partial charge in [-0.3, -0.25) is 0 Å². The lowest BCUT2D eigenvalue weighted by Crippen LogP contribution is -1.88. The van der Waals surface area contributed by atoms with Gasteiger partial charge in [0.1, 0.15) is 0 Å².